The third-order valence-electron chi connectivity index (χ3n) is 8.13. The standard InChI is InChI=1S/C25H31N5O2/c31-24-20-8-10-29(13-16-4-3-9-26-12-16)15-21(20)27-23(28-24)17-7-11-30(14-17)25(32)22-18-5-1-2-6-19(18)22/h3-4,9,12,17-19,22H,1-2,5-8,10-11,13-15H2,(H,27,28,31)/t17-,18-,19-/m1/s1. The largest absolute Gasteiger partial charge is 0.342 e. The van der Waals surface area contributed by atoms with E-state index in [-0.39, 0.29) is 17.4 Å². The van der Waals surface area contributed by atoms with Crippen molar-refractivity contribution in [3.8, 4) is 0 Å². The zero-order valence-electron chi connectivity index (χ0n) is 18.5. The first-order valence-corrected chi connectivity index (χ1v) is 12.2. The van der Waals surface area contributed by atoms with Gasteiger partial charge in [0.25, 0.3) is 5.56 Å². The highest BCUT2D eigenvalue weighted by molar-refractivity contribution is 5.82. The van der Waals surface area contributed by atoms with Gasteiger partial charge in [-0.2, -0.15) is 0 Å². The van der Waals surface area contributed by atoms with Gasteiger partial charge in [-0.05, 0) is 49.1 Å². The van der Waals surface area contributed by atoms with Crippen molar-refractivity contribution in [2.24, 2.45) is 17.8 Å². The molecule has 2 aliphatic carbocycles. The number of carbonyl (C=O) groups excluding carboxylic acids is 1. The molecule has 7 nitrogen and oxygen atoms in total. The van der Waals surface area contributed by atoms with Gasteiger partial charge in [-0.1, -0.05) is 18.9 Å². The second kappa shape index (κ2) is 8.10. The first-order chi connectivity index (χ1) is 15.7. The lowest BCUT2D eigenvalue weighted by atomic mass is 10.0. The minimum absolute atomic E-state index is 0.00372. The SMILES string of the molecule is O=C(C1[C@@H]2CCCC[C@@H]12)N1CC[C@@H](c2nc3c(c(=O)[nH]2)CCN(Cc2cccnc2)C3)C1. The van der Waals surface area contributed by atoms with Crippen LogP contribution in [-0.2, 0) is 24.3 Å². The molecule has 1 saturated heterocycles. The number of rotatable bonds is 4. The van der Waals surface area contributed by atoms with E-state index < -0.39 is 0 Å². The molecular formula is C25H31N5O2. The Labute approximate surface area is 188 Å². The van der Waals surface area contributed by atoms with Crippen molar-refractivity contribution >= 4 is 5.91 Å². The quantitative estimate of drug-likeness (QED) is 0.801. The molecule has 0 spiro atoms. The lowest BCUT2D eigenvalue weighted by Crippen LogP contribution is -2.36. The van der Waals surface area contributed by atoms with Gasteiger partial charge in [0.15, 0.2) is 0 Å². The van der Waals surface area contributed by atoms with E-state index in [1.807, 2.05) is 17.2 Å². The fraction of sp³-hybridized carbons (Fsp3) is 0.600. The third-order valence-corrected chi connectivity index (χ3v) is 8.13. The van der Waals surface area contributed by atoms with Gasteiger partial charge in [0, 0.05) is 62.5 Å². The van der Waals surface area contributed by atoms with Gasteiger partial charge in [-0.25, -0.2) is 4.98 Å². The topological polar surface area (TPSA) is 82.2 Å². The van der Waals surface area contributed by atoms with E-state index in [2.05, 4.69) is 20.9 Å². The molecule has 168 valence electrons. The molecule has 3 fully saturated rings. The Morgan fingerprint density at radius 3 is 2.78 bits per heavy atom. The molecular weight excluding hydrogens is 402 g/mol. The van der Waals surface area contributed by atoms with Crippen LogP contribution in [0.15, 0.2) is 29.3 Å². The summed E-state index contributed by atoms with van der Waals surface area (Å²) in [6.45, 7) is 3.82. The summed E-state index contributed by atoms with van der Waals surface area (Å²) in [5, 5.41) is 0. The molecule has 0 radical (unpaired) electrons. The van der Waals surface area contributed by atoms with Crippen molar-refractivity contribution in [3.63, 3.8) is 0 Å². The number of amides is 1. The number of aromatic nitrogens is 3. The van der Waals surface area contributed by atoms with Gasteiger partial charge < -0.3 is 9.88 Å². The average molecular weight is 434 g/mol. The number of carbonyl (C=O) groups is 1. The summed E-state index contributed by atoms with van der Waals surface area (Å²) >= 11 is 0. The van der Waals surface area contributed by atoms with Crippen LogP contribution in [0.1, 0.15) is 60.7 Å². The molecule has 6 rings (SSSR count). The maximum atomic E-state index is 13.1. The molecule has 32 heavy (non-hydrogen) atoms. The zero-order chi connectivity index (χ0) is 21.7. The molecule has 0 bridgehead atoms. The lowest BCUT2D eigenvalue weighted by Gasteiger charge is -2.28. The van der Waals surface area contributed by atoms with Crippen LogP contribution in [0, 0.1) is 17.8 Å². The highest BCUT2D eigenvalue weighted by atomic mass is 16.2. The van der Waals surface area contributed by atoms with Crippen molar-refractivity contribution < 1.29 is 4.79 Å². The Kier molecular flexibility index (Phi) is 5.09. The first-order valence-electron chi connectivity index (χ1n) is 12.2. The molecule has 1 amide bonds. The molecule has 1 N–H and O–H groups in total. The minimum atomic E-state index is 0.00372. The summed E-state index contributed by atoms with van der Waals surface area (Å²) in [6, 6.07) is 4.04. The fourth-order valence-electron chi connectivity index (χ4n) is 6.34. The van der Waals surface area contributed by atoms with Gasteiger partial charge in [0.05, 0.1) is 5.69 Å². The fourth-order valence-corrected chi connectivity index (χ4v) is 6.34. The van der Waals surface area contributed by atoms with Crippen molar-refractivity contribution in [1.82, 2.24) is 24.8 Å². The van der Waals surface area contributed by atoms with E-state index in [0.717, 1.165) is 49.6 Å². The summed E-state index contributed by atoms with van der Waals surface area (Å²) in [7, 11) is 0. The predicted molar refractivity (Wildman–Crippen MR) is 120 cm³/mol. The predicted octanol–water partition coefficient (Wildman–Crippen LogP) is 2.48. The molecule has 4 aliphatic rings. The number of pyridine rings is 1. The molecule has 4 heterocycles. The van der Waals surface area contributed by atoms with E-state index in [0.29, 0.717) is 30.8 Å². The number of hydrogen-bond donors (Lipinski definition) is 1. The van der Waals surface area contributed by atoms with Crippen molar-refractivity contribution in [1.29, 1.82) is 0 Å². The highest BCUT2D eigenvalue weighted by Gasteiger charge is 2.56. The maximum absolute atomic E-state index is 13.1. The average Bonchev–Trinajstić information content (AvgIpc) is 3.33. The van der Waals surface area contributed by atoms with E-state index in [4.69, 9.17) is 4.98 Å². The van der Waals surface area contributed by atoms with Gasteiger partial charge in [0.1, 0.15) is 5.82 Å². The smallest absolute Gasteiger partial charge is 0.254 e. The molecule has 0 unspecified atom stereocenters. The highest BCUT2D eigenvalue weighted by Crippen LogP contribution is 2.56. The van der Waals surface area contributed by atoms with Crippen LogP contribution in [0.5, 0.6) is 0 Å². The molecule has 0 aromatic carbocycles. The van der Waals surface area contributed by atoms with Crippen molar-refractivity contribution in [2.45, 2.75) is 57.5 Å². The van der Waals surface area contributed by atoms with Gasteiger partial charge >= 0.3 is 0 Å². The molecule has 2 aromatic heterocycles. The Morgan fingerprint density at radius 1 is 1.16 bits per heavy atom. The number of aromatic amines is 1. The Morgan fingerprint density at radius 2 is 2.00 bits per heavy atom. The summed E-state index contributed by atoms with van der Waals surface area (Å²) < 4.78 is 0. The van der Waals surface area contributed by atoms with Crippen LogP contribution < -0.4 is 5.56 Å². The molecule has 2 saturated carbocycles. The molecule has 2 aromatic rings. The minimum Gasteiger partial charge on any atom is -0.342 e. The van der Waals surface area contributed by atoms with E-state index >= 15 is 0 Å². The summed E-state index contributed by atoms with van der Waals surface area (Å²) in [6.07, 6.45) is 10.3. The monoisotopic (exact) mass is 433 g/mol. The Bertz CT molecular complexity index is 1060. The summed E-state index contributed by atoms with van der Waals surface area (Å²) in [5.41, 5.74) is 2.90. The molecule has 2 aliphatic heterocycles. The number of nitrogens with zero attached hydrogens (tertiary/aromatic N) is 4. The number of nitrogens with one attached hydrogen (secondary N) is 1. The molecule has 7 heteroatoms. The second-order valence-electron chi connectivity index (χ2n) is 10.1. The van der Waals surface area contributed by atoms with E-state index in [9.17, 15) is 9.59 Å². The third kappa shape index (κ3) is 3.66. The van der Waals surface area contributed by atoms with Crippen LogP contribution in [0.25, 0.3) is 0 Å². The van der Waals surface area contributed by atoms with Gasteiger partial charge in [-0.3, -0.25) is 19.5 Å². The van der Waals surface area contributed by atoms with Crippen LogP contribution in [0.2, 0.25) is 0 Å². The first kappa shape index (κ1) is 20.1. The van der Waals surface area contributed by atoms with Crippen LogP contribution in [0.4, 0.5) is 0 Å². The number of fused-ring (bicyclic) bond motifs is 2. The van der Waals surface area contributed by atoms with E-state index in [1.54, 1.807) is 6.20 Å². The number of hydrogen-bond acceptors (Lipinski definition) is 5. The van der Waals surface area contributed by atoms with Crippen molar-refractivity contribution in [2.75, 3.05) is 19.6 Å². The van der Waals surface area contributed by atoms with Crippen molar-refractivity contribution in [3.05, 3.63) is 57.5 Å². The second-order valence-corrected chi connectivity index (χ2v) is 10.1. The zero-order valence-corrected chi connectivity index (χ0v) is 18.5. The summed E-state index contributed by atoms with van der Waals surface area (Å²) in [4.78, 5) is 42.5. The van der Waals surface area contributed by atoms with Crippen LogP contribution in [0.3, 0.4) is 0 Å². The van der Waals surface area contributed by atoms with Gasteiger partial charge in [-0.15, -0.1) is 0 Å². The Hall–Kier alpha value is -2.54. The van der Waals surface area contributed by atoms with Crippen LogP contribution >= 0.6 is 0 Å². The Balaban J connectivity index is 1.15. The van der Waals surface area contributed by atoms with E-state index in [1.165, 1.54) is 31.2 Å². The molecule has 3 atom stereocenters. The lowest BCUT2D eigenvalue weighted by molar-refractivity contribution is -0.132. The van der Waals surface area contributed by atoms with Crippen LogP contribution in [-0.4, -0.2) is 50.3 Å². The summed E-state index contributed by atoms with van der Waals surface area (Å²) in [5.74, 6) is 2.80. The number of H-pyrrole nitrogens is 1. The number of likely N-dealkylation sites (tertiary alicyclic amines) is 1. The maximum Gasteiger partial charge on any atom is 0.254 e. The van der Waals surface area contributed by atoms with Gasteiger partial charge in [0.2, 0.25) is 5.91 Å². The normalized spacial score (nSPS) is 29.4.